The zero-order chi connectivity index (χ0) is 25.6. The first kappa shape index (κ1) is 30.4. The molecule has 1 saturated heterocycles. The fourth-order valence-electron chi connectivity index (χ4n) is 3.50. The molecule has 0 spiro atoms. The van der Waals surface area contributed by atoms with Gasteiger partial charge in [0.05, 0.1) is 11.8 Å². The molecule has 9 nitrogen and oxygen atoms in total. The molecule has 33 heavy (non-hydrogen) atoms. The third kappa shape index (κ3) is 10.7. The van der Waals surface area contributed by atoms with E-state index in [0.717, 1.165) is 30.9 Å². The molecule has 7 N–H and O–H groups in total. The second-order valence-electron chi connectivity index (χ2n) is 9.06. The molecule has 1 amide bonds. The Bertz CT molecular complexity index is 795. The summed E-state index contributed by atoms with van der Waals surface area (Å²) in [7, 11) is 1.96. The molecule has 0 bridgehead atoms. The average molecular weight is 463 g/mol. The number of aliphatic hydroxyl groups excluding tert-OH is 1. The van der Waals surface area contributed by atoms with Crippen molar-refractivity contribution in [2.75, 3.05) is 20.1 Å². The Hall–Kier alpha value is -2.59. The predicted octanol–water partition coefficient (Wildman–Crippen LogP) is 2.06. The molecule has 0 aliphatic carbocycles. The molecule has 1 aromatic heterocycles. The van der Waals surface area contributed by atoms with E-state index < -0.39 is 0 Å². The average Bonchev–Trinajstić information content (AvgIpc) is 3.36. The molecule has 2 aromatic rings. The maximum atomic E-state index is 11.6. The SMILES string of the molecule is C=O.CC(C)(C)CC(=O)N1CCC(O)C1.CNCc1ccc(-c2c(C)n[nH]c2C)cc1.NN. The molecule has 3 rings (SSSR count). The number of carbonyl (C=O) groups is 2. The molecule has 2 heterocycles. The molecular formula is C24H42N6O3. The van der Waals surface area contributed by atoms with E-state index in [0.29, 0.717) is 13.0 Å². The van der Waals surface area contributed by atoms with Crippen LogP contribution in [0.3, 0.4) is 0 Å². The normalized spacial score (nSPS) is 14.8. The van der Waals surface area contributed by atoms with Crippen LogP contribution in [0, 0.1) is 19.3 Å². The van der Waals surface area contributed by atoms with Crippen LogP contribution >= 0.6 is 0 Å². The molecule has 1 aliphatic heterocycles. The van der Waals surface area contributed by atoms with Crippen molar-refractivity contribution in [3.05, 3.63) is 41.2 Å². The van der Waals surface area contributed by atoms with Crippen LogP contribution in [0.5, 0.6) is 0 Å². The molecule has 1 aromatic carbocycles. The van der Waals surface area contributed by atoms with E-state index in [-0.39, 0.29) is 17.4 Å². The van der Waals surface area contributed by atoms with Gasteiger partial charge >= 0.3 is 0 Å². The zero-order valence-electron chi connectivity index (χ0n) is 20.9. The van der Waals surface area contributed by atoms with E-state index in [1.807, 2.05) is 20.8 Å². The van der Waals surface area contributed by atoms with Crippen molar-refractivity contribution < 1.29 is 14.7 Å². The fourth-order valence-corrected chi connectivity index (χ4v) is 3.50. The number of aromatic nitrogens is 2. The van der Waals surface area contributed by atoms with E-state index in [4.69, 9.17) is 4.79 Å². The van der Waals surface area contributed by atoms with Gasteiger partial charge in [0.1, 0.15) is 6.79 Å². The van der Waals surface area contributed by atoms with Crippen LogP contribution in [-0.2, 0) is 16.1 Å². The van der Waals surface area contributed by atoms with Gasteiger partial charge in [-0.25, -0.2) is 0 Å². The summed E-state index contributed by atoms with van der Waals surface area (Å²) < 4.78 is 0. The lowest BCUT2D eigenvalue weighted by Crippen LogP contribution is -2.32. The van der Waals surface area contributed by atoms with Gasteiger partial charge in [0.15, 0.2) is 0 Å². The third-order valence-electron chi connectivity index (χ3n) is 4.95. The number of hydrogen-bond acceptors (Lipinski definition) is 7. The van der Waals surface area contributed by atoms with Crippen molar-refractivity contribution in [3.63, 3.8) is 0 Å². The van der Waals surface area contributed by atoms with Crippen molar-refractivity contribution in [2.45, 2.75) is 60.1 Å². The highest BCUT2D eigenvalue weighted by atomic mass is 16.3. The quantitative estimate of drug-likeness (QED) is 0.345. The van der Waals surface area contributed by atoms with E-state index in [9.17, 15) is 9.90 Å². The smallest absolute Gasteiger partial charge is 0.223 e. The molecule has 1 aliphatic rings. The molecule has 1 unspecified atom stereocenters. The number of amides is 1. The number of nitrogens with two attached hydrogens (primary N) is 2. The number of nitrogens with one attached hydrogen (secondary N) is 2. The van der Waals surface area contributed by atoms with Gasteiger partial charge in [0, 0.05) is 37.3 Å². The third-order valence-corrected chi connectivity index (χ3v) is 4.95. The number of H-pyrrole nitrogens is 1. The highest BCUT2D eigenvalue weighted by molar-refractivity contribution is 5.77. The number of aliphatic hydroxyl groups is 1. The van der Waals surface area contributed by atoms with Gasteiger partial charge in [-0.3, -0.25) is 21.6 Å². The maximum absolute atomic E-state index is 11.6. The Morgan fingerprint density at radius 2 is 1.82 bits per heavy atom. The monoisotopic (exact) mass is 462 g/mol. The second kappa shape index (κ2) is 15.3. The number of likely N-dealkylation sites (tertiary alicyclic amines) is 1. The topological polar surface area (TPSA) is 150 Å². The summed E-state index contributed by atoms with van der Waals surface area (Å²) in [6, 6.07) is 8.60. The molecule has 186 valence electrons. The minimum absolute atomic E-state index is 0.0463. The second-order valence-corrected chi connectivity index (χ2v) is 9.06. The lowest BCUT2D eigenvalue weighted by molar-refractivity contribution is -0.132. The van der Waals surface area contributed by atoms with Crippen LogP contribution in [0.25, 0.3) is 11.1 Å². The first-order valence-electron chi connectivity index (χ1n) is 10.9. The summed E-state index contributed by atoms with van der Waals surface area (Å²) in [5.74, 6) is 8.17. The van der Waals surface area contributed by atoms with Gasteiger partial charge in [0.25, 0.3) is 0 Å². The van der Waals surface area contributed by atoms with Gasteiger partial charge in [-0.1, -0.05) is 45.0 Å². The van der Waals surface area contributed by atoms with Gasteiger partial charge < -0.3 is 20.1 Å². The summed E-state index contributed by atoms with van der Waals surface area (Å²) in [6.07, 6.45) is 0.999. The van der Waals surface area contributed by atoms with Crippen LogP contribution in [0.1, 0.15) is 50.6 Å². The number of aryl methyl sites for hydroxylation is 2. The summed E-state index contributed by atoms with van der Waals surface area (Å²) in [4.78, 5) is 21.4. The van der Waals surface area contributed by atoms with E-state index in [1.165, 1.54) is 16.7 Å². The first-order chi connectivity index (χ1) is 15.6. The molecular weight excluding hydrogens is 420 g/mol. The zero-order valence-corrected chi connectivity index (χ0v) is 20.9. The lowest BCUT2D eigenvalue weighted by atomic mass is 9.92. The van der Waals surface area contributed by atoms with E-state index in [2.05, 4.69) is 79.2 Å². The van der Waals surface area contributed by atoms with Crippen molar-refractivity contribution in [2.24, 2.45) is 17.1 Å². The lowest BCUT2D eigenvalue weighted by Gasteiger charge is -2.22. The summed E-state index contributed by atoms with van der Waals surface area (Å²) in [5.41, 5.74) is 5.97. The number of β-amino-alcohol motifs (C(OH)–C–C–N with tert-alkyl or cyclic N) is 1. The number of carbonyl (C=O) groups excluding carboxylic acids is 2. The van der Waals surface area contributed by atoms with Gasteiger partial charge in [-0.2, -0.15) is 5.10 Å². The Morgan fingerprint density at radius 1 is 1.24 bits per heavy atom. The Morgan fingerprint density at radius 3 is 2.21 bits per heavy atom. The van der Waals surface area contributed by atoms with Crippen LogP contribution in [-0.4, -0.2) is 59.1 Å². The van der Waals surface area contributed by atoms with Gasteiger partial charge in [-0.15, -0.1) is 0 Å². The molecule has 1 fully saturated rings. The fraction of sp³-hybridized carbons (Fsp3) is 0.542. The highest BCUT2D eigenvalue weighted by Crippen LogP contribution is 2.25. The highest BCUT2D eigenvalue weighted by Gasteiger charge is 2.27. The van der Waals surface area contributed by atoms with Crippen molar-refractivity contribution in [1.82, 2.24) is 20.4 Å². The van der Waals surface area contributed by atoms with Crippen LogP contribution in [0.2, 0.25) is 0 Å². The number of aromatic amines is 1. The minimum atomic E-state index is -0.302. The van der Waals surface area contributed by atoms with Crippen molar-refractivity contribution >= 4 is 12.7 Å². The summed E-state index contributed by atoms with van der Waals surface area (Å²) >= 11 is 0. The number of rotatable bonds is 4. The van der Waals surface area contributed by atoms with Gasteiger partial charge in [-0.05, 0) is 43.9 Å². The molecule has 9 heteroatoms. The number of nitrogens with zero attached hydrogens (tertiary/aromatic N) is 2. The summed E-state index contributed by atoms with van der Waals surface area (Å²) in [6.45, 7) is 14.4. The Balaban J connectivity index is 0.000000549. The Kier molecular flexibility index (Phi) is 14.1. The standard InChI is InChI=1S/C13H17N3.C10H19NO2.CH2O.H4N2/c1-9-13(10(2)16-15-9)12-6-4-11(5-7-12)8-14-3;1-10(2,3)6-9(13)11-5-4-8(12)7-11;2*1-2/h4-7,14H,8H2,1-3H3,(H,15,16);8,12H,4-7H2,1-3H3;1H2;1-2H2. The summed E-state index contributed by atoms with van der Waals surface area (Å²) in [5, 5.41) is 19.6. The first-order valence-corrected chi connectivity index (χ1v) is 10.9. The van der Waals surface area contributed by atoms with Crippen LogP contribution in [0.15, 0.2) is 24.3 Å². The molecule has 0 saturated carbocycles. The van der Waals surface area contributed by atoms with Crippen LogP contribution in [0.4, 0.5) is 0 Å². The largest absolute Gasteiger partial charge is 0.391 e. The number of hydrogen-bond donors (Lipinski definition) is 5. The predicted molar refractivity (Wildman–Crippen MR) is 133 cm³/mol. The van der Waals surface area contributed by atoms with Gasteiger partial charge in [0.2, 0.25) is 5.91 Å². The van der Waals surface area contributed by atoms with Crippen molar-refractivity contribution in [1.29, 1.82) is 0 Å². The van der Waals surface area contributed by atoms with Crippen LogP contribution < -0.4 is 17.0 Å². The van der Waals surface area contributed by atoms with E-state index in [1.54, 1.807) is 4.90 Å². The maximum Gasteiger partial charge on any atom is 0.223 e. The number of hydrazine groups is 1. The minimum Gasteiger partial charge on any atom is -0.391 e. The number of benzene rings is 1. The van der Waals surface area contributed by atoms with E-state index >= 15 is 0 Å². The van der Waals surface area contributed by atoms with Crippen molar-refractivity contribution in [3.8, 4) is 11.1 Å². The molecule has 1 atom stereocenters. The molecule has 0 radical (unpaired) electrons. The Labute approximate surface area is 197 Å².